The predicted octanol–water partition coefficient (Wildman–Crippen LogP) is 4.79. The van der Waals surface area contributed by atoms with Crippen molar-refractivity contribution < 1.29 is 14.7 Å². The molecule has 1 aliphatic rings. The molecule has 1 heterocycles. The van der Waals surface area contributed by atoms with E-state index >= 15 is 0 Å². The highest BCUT2D eigenvalue weighted by Gasteiger charge is 2.36. The fourth-order valence-corrected chi connectivity index (χ4v) is 3.67. The zero-order chi connectivity index (χ0) is 17.4. The summed E-state index contributed by atoms with van der Waals surface area (Å²) in [6.45, 7) is 0. The Hall–Kier alpha value is -3.05. The largest absolute Gasteiger partial charge is 0.508 e. The highest BCUT2D eigenvalue weighted by Crippen LogP contribution is 2.37. The van der Waals surface area contributed by atoms with E-state index in [1.54, 1.807) is 18.2 Å². The Balaban J connectivity index is 1.75. The third kappa shape index (κ3) is 2.79. The van der Waals surface area contributed by atoms with Gasteiger partial charge in [-0.1, -0.05) is 48.5 Å². The number of anilines is 1. The molecular formula is C20H13NO3S. The molecule has 5 heteroatoms. The van der Waals surface area contributed by atoms with Crippen LogP contribution in [0, 0.1) is 0 Å². The Bertz CT molecular complexity index is 1040. The summed E-state index contributed by atoms with van der Waals surface area (Å²) in [6.07, 6.45) is 1.75. The zero-order valence-electron chi connectivity index (χ0n) is 13.0. The van der Waals surface area contributed by atoms with Crippen LogP contribution in [-0.4, -0.2) is 16.3 Å². The maximum absolute atomic E-state index is 12.7. The third-order valence-electron chi connectivity index (χ3n) is 3.99. The van der Waals surface area contributed by atoms with Crippen molar-refractivity contribution in [2.75, 3.05) is 4.90 Å². The molecule has 1 saturated heterocycles. The summed E-state index contributed by atoms with van der Waals surface area (Å²) in [7, 11) is 0. The van der Waals surface area contributed by atoms with E-state index in [2.05, 4.69) is 0 Å². The van der Waals surface area contributed by atoms with Crippen molar-refractivity contribution in [3.05, 3.63) is 77.2 Å². The molecule has 122 valence electrons. The van der Waals surface area contributed by atoms with E-state index in [4.69, 9.17) is 0 Å². The average molecular weight is 347 g/mol. The summed E-state index contributed by atoms with van der Waals surface area (Å²) >= 11 is 0.903. The van der Waals surface area contributed by atoms with Crippen molar-refractivity contribution in [1.82, 2.24) is 0 Å². The van der Waals surface area contributed by atoms with E-state index in [1.165, 1.54) is 12.1 Å². The zero-order valence-corrected chi connectivity index (χ0v) is 13.9. The number of phenols is 1. The van der Waals surface area contributed by atoms with Crippen molar-refractivity contribution in [2.45, 2.75) is 0 Å². The smallest absolute Gasteiger partial charge is 0.298 e. The molecule has 2 amide bonds. The van der Waals surface area contributed by atoms with Crippen LogP contribution in [0.15, 0.2) is 71.6 Å². The van der Waals surface area contributed by atoms with Gasteiger partial charge in [-0.2, -0.15) is 0 Å². The predicted molar refractivity (Wildman–Crippen MR) is 101 cm³/mol. The fraction of sp³-hybridized carbons (Fsp3) is 0. The maximum atomic E-state index is 12.7. The lowest BCUT2D eigenvalue weighted by molar-refractivity contribution is -0.113. The normalized spacial score (nSPS) is 16.2. The fourth-order valence-electron chi connectivity index (χ4n) is 2.84. The minimum Gasteiger partial charge on any atom is -0.508 e. The van der Waals surface area contributed by atoms with Gasteiger partial charge in [0.2, 0.25) is 0 Å². The number of nitrogens with zero attached hydrogens (tertiary/aromatic N) is 1. The monoisotopic (exact) mass is 347 g/mol. The van der Waals surface area contributed by atoms with Crippen LogP contribution in [0.25, 0.3) is 16.8 Å². The van der Waals surface area contributed by atoms with Crippen LogP contribution in [0.3, 0.4) is 0 Å². The van der Waals surface area contributed by atoms with Crippen LogP contribution in [0.4, 0.5) is 10.5 Å². The van der Waals surface area contributed by atoms with Crippen LogP contribution in [0.2, 0.25) is 0 Å². The van der Waals surface area contributed by atoms with Crippen molar-refractivity contribution in [3.63, 3.8) is 0 Å². The first-order valence-electron chi connectivity index (χ1n) is 7.68. The SMILES string of the molecule is O=C1SC(=Cc2cccc3ccccc23)C(=O)N1c1cccc(O)c1. The molecule has 0 aromatic heterocycles. The van der Waals surface area contributed by atoms with E-state index in [1.807, 2.05) is 42.5 Å². The van der Waals surface area contributed by atoms with Crippen LogP contribution in [-0.2, 0) is 4.79 Å². The molecular weight excluding hydrogens is 334 g/mol. The molecule has 0 spiro atoms. The number of fused-ring (bicyclic) bond motifs is 1. The molecule has 3 aromatic rings. The number of carbonyl (C=O) groups is 2. The van der Waals surface area contributed by atoms with Gasteiger partial charge >= 0.3 is 0 Å². The molecule has 4 rings (SSSR count). The van der Waals surface area contributed by atoms with Crippen LogP contribution >= 0.6 is 11.8 Å². The van der Waals surface area contributed by atoms with Gasteiger partial charge in [-0.25, -0.2) is 4.90 Å². The van der Waals surface area contributed by atoms with E-state index in [0.717, 1.165) is 33.0 Å². The number of hydrogen-bond donors (Lipinski definition) is 1. The van der Waals surface area contributed by atoms with Gasteiger partial charge in [0, 0.05) is 6.07 Å². The van der Waals surface area contributed by atoms with Crippen LogP contribution in [0.1, 0.15) is 5.56 Å². The van der Waals surface area contributed by atoms with Crippen LogP contribution < -0.4 is 4.90 Å². The second-order valence-electron chi connectivity index (χ2n) is 5.61. The number of aromatic hydroxyl groups is 1. The van der Waals surface area contributed by atoms with E-state index < -0.39 is 0 Å². The Morgan fingerprint density at radius 2 is 1.68 bits per heavy atom. The van der Waals surface area contributed by atoms with Gasteiger partial charge in [0.05, 0.1) is 10.6 Å². The highest BCUT2D eigenvalue weighted by atomic mass is 32.2. The summed E-state index contributed by atoms with van der Waals surface area (Å²) in [5.74, 6) is -0.372. The van der Waals surface area contributed by atoms with Gasteiger partial charge in [0.1, 0.15) is 5.75 Å². The number of thioether (sulfide) groups is 1. The Morgan fingerprint density at radius 3 is 2.52 bits per heavy atom. The Labute approximate surface area is 148 Å². The van der Waals surface area contributed by atoms with Gasteiger partial charge in [0.15, 0.2) is 0 Å². The lowest BCUT2D eigenvalue weighted by Gasteiger charge is -2.12. The molecule has 0 atom stereocenters. The van der Waals surface area contributed by atoms with Gasteiger partial charge in [0.25, 0.3) is 11.1 Å². The number of benzene rings is 3. The molecule has 0 radical (unpaired) electrons. The second-order valence-corrected chi connectivity index (χ2v) is 6.60. The molecule has 1 N–H and O–H groups in total. The first-order valence-corrected chi connectivity index (χ1v) is 8.50. The van der Waals surface area contributed by atoms with Crippen molar-refractivity contribution in [1.29, 1.82) is 0 Å². The maximum Gasteiger partial charge on any atom is 0.298 e. The van der Waals surface area contributed by atoms with Gasteiger partial charge in [-0.05, 0) is 46.3 Å². The number of phenolic OH excluding ortho intramolecular Hbond substituents is 1. The summed E-state index contributed by atoms with van der Waals surface area (Å²) in [5.41, 5.74) is 1.25. The van der Waals surface area contributed by atoms with E-state index in [0.29, 0.717) is 10.6 Å². The number of hydrogen-bond acceptors (Lipinski definition) is 4. The lowest BCUT2D eigenvalue weighted by Crippen LogP contribution is -2.27. The quantitative estimate of drug-likeness (QED) is 0.677. The first-order chi connectivity index (χ1) is 12.1. The van der Waals surface area contributed by atoms with Gasteiger partial charge < -0.3 is 5.11 Å². The summed E-state index contributed by atoms with van der Waals surface area (Å²) in [5, 5.41) is 11.3. The Morgan fingerprint density at radius 1 is 0.920 bits per heavy atom. The second kappa shape index (κ2) is 6.11. The molecule has 25 heavy (non-hydrogen) atoms. The van der Waals surface area contributed by atoms with Crippen molar-refractivity contribution in [2.24, 2.45) is 0 Å². The van der Waals surface area contributed by atoms with Gasteiger partial charge in [-0.3, -0.25) is 9.59 Å². The molecule has 3 aromatic carbocycles. The molecule has 0 bridgehead atoms. The molecule has 0 saturated carbocycles. The standard InChI is InChI=1S/C20H13NO3S/c22-16-9-4-8-15(12-16)21-19(23)18(25-20(21)24)11-14-7-3-6-13-5-1-2-10-17(13)14/h1-12,22H. The summed E-state index contributed by atoms with van der Waals surface area (Å²) in [4.78, 5) is 26.5. The van der Waals surface area contributed by atoms with Crippen LogP contribution in [0.5, 0.6) is 5.75 Å². The average Bonchev–Trinajstić information content (AvgIpc) is 2.89. The lowest BCUT2D eigenvalue weighted by atomic mass is 10.0. The van der Waals surface area contributed by atoms with E-state index in [9.17, 15) is 14.7 Å². The van der Waals surface area contributed by atoms with Crippen molar-refractivity contribution >= 4 is 45.4 Å². The number of rotatable bonds is 2. The van der Waals surface area contributed by atoms with E-state index in [-0.39, 0.29) is 16.9 Å². The number of amides is 2. The highest BCUT2D eigenvalue weighted by molar-refractivity contribution is 8.19. The molecule has 1 aliphatic heterocycles. The summed E-state index contributed by atoms with van der Waals surface area (Å²) < 4.78 is 0. The third-order valence-corrected chi connectivity index (χ3v) is 4.86. The van der Waals surface area contributed by atoms with Crippen molar-refractivity contribution in [3.8, 4) is 5.75 Å². The van der Waals surface area contributed by atoms with Gasteiger partial charge in [-0.15, -0.1) is 0 Å². The Kier molecular flexibility index (Phi) is 3.78. The molecule has 4 nitrogen and oxygen atoms in total. The topological polar surface area (TPSA) is 57.6 Å². The minimum atomic E-state index is -0.381. The first kappa shape index (κ1) is 15.5. The summed E-state index contributed by atoms with van der Waals surface area (Å²) in [6, 6.07) is 19.9. The molecule has 0 unspecified atom stereocenters. The number of carbonyl (C=O) groups excluding carboxylic acids is 2. The molecule has 0 aliphatic carbocycles. The minimum absolute atomic E-state index is 0.00887. The number of imide groups is 1. The molecule has 1 fully saturated rings.